The molecule has 1 aliphatic heterocycles. The van der Waals surface area contributed by atoms with Gasteiger partial charge in [-0.2, -0.15) is 4.89 Å². The maximum Gasteiger partial charge on any atom is 0.403 e. The molecule has 0 saturated carbocycles. The quantitative estimate of drug-likeness (QED) is 0.176. The van der Waals surface area contributed by atoms with E-state index in [2.05, 4.69) is 16.4 Å². The third-order valence-corrected chi connectivity index (χ3v) is 5.58. The van der Waals surface area contributed by atoms with E-state index in [1.54, 1.807) is 36.4 Å². The molecule has 0 saturated heterocycles. The van der Waals surface area contributed by atoms with E-state index >= 15 is 0 Å². The van der Waals surface area contributed by atoms with Gasteiger partial charge in [-0.15, -0.1) is 10.2 Å². The summed E-state index contributed by atoms with van der Waals surface area (Å²) in [4.78, 5) is 31.6. The average molecular weight is 462 g/mol. The van der Waals surface area contributed by atoms with Gasteiger partial charge in [-0.1, -0.05) is 43.8 Å². The Morgan fingerprint density at radius 2 is 1.87 bits per heavy atom. The lowest BCUT2D eigenvalue weighted by Gasteiger charge is -2.18. The van der Waals surface area contributed by atoms with Crippen LogP contribution in [0.4, 0.5) is 0 Å². The highest BCUT2D eigenvalue weighted by Crippen LogP contribution is 2.45. The third-order valence-electron chi connectivity index (χ3n) is 3.81. The lowest BCUT2D eigenvalue weighted by atomic mass is 10.3. The molecule has 1 aromatic heterocycles. The molecule has 0 amide bonds. The van der Waals surface area contributed by atoms with Crippen LogP contribution in [0.3, 0.4) is 0 Å². The van der Waals surface area contributed by atoms with Gasteiger partial charge in [0.15, 0.2) is 6.23 Å². The van der Waals surface area contributed by atoms with Crippen molar-refractivity contribution in [3.8, 4) is 17.2 Å². The molecular weight excluding hydrogens is 439 g/mol. The van der Waals surface area contributed by atoms with Gasteiger partial charge in [0.1, 0.15) is 19.4 Å². The summed E-state index contributed by atoms with van der Waals surface area (Å²) in [5.74, 6) is 3.21. The predicted molar refractivity (Wildman–Crippen MR) is 117 cm³/mol. The van der Waals surface area contributed by atoms with Crippen LogP contribution in [0.5, 0.6) is 5.75 Å². The monoisotopic (exact) mass is 462 g/mol. The zero-order chi connectivity index (χ0) is 22.6. The zero-order valence-corrected chi connectivity index (χ0v) is 19.4. The van der Waals surface area contributed by atoms with Crippen molar-refractivity contribution in [1.29, 1.82) is 0 Å². The summed E-state index contributed by atoms with van der Waals surface area (Å²) < 4.78 is 29.4. The summed E-state index contributed by atoms with van der Waals surface area (Å²) in [6, 6.07) is 8.52. The molecule has 0 fully saturated rings. The minimum Gasteiger partial charge on any atom is -0.423 e. The smallest absolute Gasteiger partial charge is 0.403 e. The fourth-order valence-electron chi connectivity index (χ4n) is 2.45. The van der Waals surface area contributed by atoms with Gasteiger partial charge in [-0.05, 0) is 24.3 Å². The summed E-state index contributed by atoms with van der Waals surface area (Å²) in [6.07, 6.45) is 2.47. The van der Waals surface area contributed by atoms with Crippen LogP contribution in [0, 0.1) is 11.5 Å². The number of hydrogen-bond acceptors (Lipinski definition) is 7. The van der Waals surface area contributed by atoms with E-state index < -0.39 is 39.4 Å². The maximum absolute atomic E-state index is 12.4. The number of ether oxygens (including phenoxy) is 1. The number of benzene rings is 1. The molecular formula is C20H23N2O7PSi. The van der Waals surface area contributed by atoms with Crippen molar-refractivity contribution in [2.45, 2.75) is 32.2 Å². The SMILES string of the molecule is C[Si](C)(C)C#Cc1cn([C@H]2C=C[C@@H](OOP(C)(=O)Oc3ccccc3)O2)c(=O)[nH]c1=O. The number of H-pyrrole nitrogens is 1. The third kappa shape index (κ3) is 6.65. The fourth-order valence-corrected chi connectivity index (χ4v) is 3.74. The van der Waals surface area contributed by atoms with Gasteiger partial charge in [0, 0.05) is 6.20 Å². The Hall–Kier alpha value is -2.67. The zero-order valence-electron chi connectivity index (χ0n) is 17.5. The number of nitrogens with one attached hydrogen (secondary N) is 1. The van der Waals surface area contributed by atoms with E-state index in [4.69, 9.17) is 18.8 Å². The highest BCUT2D eigenvalue weighted by molar-refractivity contribution is 7.53. The predicted octanol–water partition coefficient (Wildman–Crippen LogP) is 3.03. The molecule has 1 aliphatic rings. The number of nitrogens with zero attached hydrogens (tertiary/aromatic N) is 1. The van der Waals surface area contributed by atoms with E-state index in [0.717, 1.165) is 0 Å². The van der Waals surface area contributed by atoms with Crippen LogP contribution in [-0.4, -0.2) is 30.6 Å². The molecule has 31 heavy (non-hydrogen) atoms. The summed E-state index contributed by atoms with van der Waals surface area (Å²) in [6.45, 7) is 7.39. The summed E-state index contributed by atoms with van der Waals surface area (Å²) in [5.41, 5.74) is 2.03. The molecule has 1 N–H and O–H groups in total. The van der Waals surface area contributed by atoms with E-state index in [1.165, 1.54) is 23.5 Å². The van der Waals surface area contributed by atoms with E-state index in [9.17, 15) is 14.2 Å². The molecule has 0 radical (unpaired) electrons. The van der Waals surface area contributed by atoms with E-state index in [1.807, 2.05) is 19.6 Å². The van der Waals surface area contributed by atoms with Gasteiger partial charge in [0.2, 0.25) is 6.29 Å². The minimum absolute atomic E-state index is 0.161. The molecule has 1 aromatic carbocycles. The highest BCUT2D eigenvalue weighted by Gasteiger charge is 2.28. The number of rotatable bonds is 6. The lowest BCUT2D eigenvalue weighted by Crippen LogP contribution is -2.34. The van der Waals surface area contributed by atoms with Crippen molar-refractivity contribution in [2.75, 3.05) is 6.66 Å². The molecule has 2 aromatic rings. The van der Waals surface area contributed by atoms with Crippen molar-refractivity contribution in [3.05, 3.63) is 75.1 Å². The summed E-state index contributed by atoms with van der Waals surface area (Å²) >= 11 is 0. The Labute approximate surface area is 180 Å². The second kappa shape index (κ2) is 9.22. The Balaban J connectivity index is 1.66. The van der Waals surface area contributed by atoms with Gasteiger partial charge in [-0.25, -0.2) is 9.36 Å². The average Bonchev–Trinajstić information content (AvgIpc) is 3.14. The molecule has 9 nitrogen and oxygen atoms in total. The molecule has 1 unspecified atom stereocenters. The summed E-state index contributed by atoms with van der Waals surface area (Å²) in [5, 5.41) is 0. The molecule has 3 rings (SSSR count). The lowest BCUT2D eigenvalue weighted by molar-refractivity contribution is -0.310. The molecule has 11 heteroatoms. The highest BCUT2D eigenvalue weighted by atomic mass is 31.2. The largest absolute Gasteiger partial charge is 0.423 e. The van der Waals surface area contributed by atoms with Crippen LogP contribution < -0.4 is 15.8 Å². The Morgan fingerprint density at radius 3 is 2.55 bits per heavy atom. The molecule has 164 valence electrons. The molecule has 0 bridgehead atoms. The summed E-state index contributed by atoms with van der Waals surface area (Å²) in [7, 11) is -5.29. The van der Waals surface area contributed by atoms with Crippen molar-refractivity contribution >= 4 is 15.7 Å². The first-order chi connectivity index (χ1) is 14.5. The van der Waals surface area contributed by atoms with Gasteiger partial charge < -0.3 is 9.26 Å². The first-order valence-corrected chi connectivity index (χ1v) is 14.9. The van der Waals surface area contributed by atoms with Crippen LogP contribution in [0.1, 0.15) is 11.8 Å². The number of para-hydroxylation sites is 1. The van der Waals surface area contributed by atoms with Gasteiger partial charge in [-0.3, -0.25) is 14.3 Å². The normalized spacial score (nSPS) is 20.0. The number of aromatic amines is 1. The number of aromatic nitrogens is 2. The van der Waals surface area contributed by atoms with Crippen LogP contribution in [0.2, 0.25) is 19.6 Å². The van der Waals surface area contributed by atoms with Crippen molar-refractivity contribution in [2.24, 2.45) is 0 Å². The first-order valence-electron chi connectivity index (χ1n) is 9.42. The standard InChI is InChI=1S/C20H23N2O7PSi/c1-30(25,28-16-8-6-5-7-9-16)29-27-18-11-10-17(26-18)22-14-15(12-13-31(2,3)4)19(23)21-20(22)24/h5-11,14,17-18H,1-4H3,(H,21,23,24)/t17-,18-,30?/m1/s1. The molecule has 2 heterocycles. The minimum atomic E-state index is -3.57. The molecule has 0 aliphatic carbocycles. The van der Waals surface area contributed by atoms with E-state index in [-0.39, 0.29) is 5.56 Å². The van der Waals surface area contributed by atoms with Crippen LogP contribution in [0.25, 0.3) is 0 Å². The van der Waals surface area contributed by atoms with Crippen molar-refractivity contribution in [1.82, 2.24) is 9.55 Å². The van der Waals surface area contributed by atoms with Crippen molar-refractivity contribution in [3.63, 3.8) is 0 Å². The topological polar surface area (TPSA) is 109 Å². The number of hydrogen-bond donors (Lipinski definition) is 1. The maximum atomic E-state index is 12.4. The fraction of sp³-hybridized carbons (Fsp3) is 0.300. The van der Waals surface area contributed by atoms with Gasteiger partial charge in [0.25, 0.3) is 5.56 Å². The molecule has 3 atom stereocenters. The Bertz CT molecular complexity index is 1190. The molecule has 0 spiro atoms. The van der Waals surface area contributed by atoms with Crippen molar-refractivity contribution < 1.29 is 23.4 Å². The van der Waals surface area contributed by atoms with Crippen LogP contribution in [-0.2, 0) is 18.9 Å². The van der Waals surface area contributed by atoms with Gasteiger partial charge in [0.05, 0.1) is 6.66 Å². The first kappa shape index (κ1) is 23.0. The van der Waals surface area contributed by atoms with E-state index in [0.29, 0.717) is 5.75 Å². The second-order valence-corrected chi connectivity index (χ2v) is 14.5. The van der Waals surface area contributed by atoms with Crippen LogP contribution in [0.15, 0.2) is 58.3 Å². The van der Waals surface area contributed by atoms with Gasteiger partial charge >= 0.3 is 13.3 Å². The second-order valence-electron chi connectivity index (χ2n) is 7.84. The Kier molecular flexibility index (Phi) is 6.84. The van der Waals surface area contributed by atoms with Crippen LogP contribution >= 0.6 is 7.60 Å². The Morgan fingerprint density at radius 1 is 1.16 bits per heavy atom.